The van der Waals surface area contributed by atoms with Gasteiger partial charge in [-0.15, -0.1) is 11.3 Å². The van der Waals surface area contributed by atoms with Gasteiger partial charge < -0.3 is 9.64 Å². The molecular weight excluding hydrogens is 338 g/mol. The molecule has 0 spiro atoms. The molecule has 1 atom stereocenters. The second-order valence-electron chi connectivity index (χ2n) is 5.12. The topological polar surface area (TPSA) is 63.9 Å². The van der Waals surface area contributed by atoms with Crippen LogP contribution < -0.4 is 0 Å². The van der Waals surface area contributed by atoms with E-state index in [-0.39, 0.29) is 11.9 Å². The van der Waals surface area contributed by atoms with Crippen LogP contribution in [0, 0.1) is 0 Å². The van der Waals surface area contributed by atoms with Crippen LogP contribution in [-0.2, 0) is 14.3 Å². The summed E-state index contributed by atoms with van der Waals surface area (Å²) in [6, 6.07) is -0.492. The Hall–Kier alpha value is -1.86. The van der Waals surface area contributed by atoms with E-state index in [1.807, 2.05) is 16.0 Å². The van der Waals surface area contributed by atoms with Crippen molar-refractivity contribution in [3.05, 3.63) is 28.5 Å². The van der Waals surface area contributed by atoms with Crippen molar-refractivity contribution in [2.45, 2.75) is 25.8 Å². The first kappa shape index (κ1) is 16.0. The molecule has 1 aliphatic rings. The van der Waals surface area contributed by atoms with Gasteiger partial charge in [0.05, 0.1) is 12.3 Å². The minimum Gasteiger partial charge on any atom is -0.464 e. The fourth-order valence-corrected chi connectivity index (χ4v) is 3.69. The third-order valence-electron chi connectivity index (χ3n) is 3.73. The molecule has 23 heavy (non-hydrogen) atoms. The summed E-state index contributed by atoms with van der Waals surface area (Å²) < 4.78 is 6.86. The van der Waals surface area contributed by atoms with Crippen LogP contribution in [-0.4, -0.2) is 45.4 Å². The molecule has 2 aromatic rings. The number of halogens is 1. The highest BCUT2D eigenvalue weighted by Crippen LogP contribution is 2.23. The van der Waals surface area contributed by atoms with Crippen LogP contribution in [0.2, 0.25) is 5.15 Å². The smallest absolute Gasteiger partial charge is 0.328 e. The number of hydrogen-bond donors (Lipinski definition) is 0. The van der Waals surface area contributed by atoms with E-state index in [1.165, 1.54) is 17.4 Å². The van der Waals surface area contributed by atoms with Crippen LogP contribution >= 0.6 is 22.9 Å². The lowest BCUT2D eigenvalue weighted by Gasteiger charge is -2.21. The molecule has 6 nitrogen and oxygen atoms in total. The third kappa shape index (κ3) is 3.11. The van der Waals surface area contributed by atoms with E-state index >= 15 is 0 Å². The molecule has 0 aromatic carbocycles. The highest BCUT2D eigenvalue weighted by molar-refractivity contribution is 7.15. The van der Waals surface area contributed by atoms with Gasteiger partial charge in [-0.25, -0.2) is 9.78 Å². The lowest BCUT2D eigenvalue weighted by molar-refractivity contribution is -0.151. The van der Waals surface area contributed by atoms with Crippen molar-refractivity contribution in [1.29, 1.82) is 0 Å². The Morgan fingerprint density at radius 1 is 1.57 bits per heavy atom. The summed E-state index contributed by atoms with van der Waals surface area (Å²) in [5.74, 6) is -0.559. The van der Waals surface area contributed by atoms with Crippen LogP contribution in [0.5, 0.6) is 0 Å². The Kier molecular flexibility index (Phi) is 4.68. The summed E-state index contributed by atoms with van der Waals surface area (Å²) >= 11 is 7.57. The highest BCUT2D eigenvalue weighted by Gasteiger charge is 2.34. The first-order valence-electron chi connectivity index (χ1n) is 7.38. The van der Waals surface area contributed by atoms with E-state index in [1.54, 1.807) is 17.9 Å². The first-order chi connectivity index (χ1) is 11.1. The Labute approximate surface area is 142 Å². The third-order valence-corrected chi connectivity index (χ3v) is 4.77. The molecule has 0 aliphatic carbocycles. The Bertz CT molecular complexity index is 767. The molecule has 3 heterocycles. The van der Waals surface area contributed by atoms with Gasteiger partial charge in [0.25, 0.3) is 0 Å². The van der Waals surface area contributed by atoms with Crippen molar-refractivity contribution in [1.82, 2.24) is 14.3 Å². The van der Waals surface area contributed by atoms with Gasteiger partial charge in [-0.1, -0.05) is 11.6 Å². The number of aromatic nitrogens is 2. The SMILES string of the molecule is CCOC(=O)C1CCCN1C(=O)/C=C/c1c(Cl)nc2sccn12. The number of imidazole rings is 1. The monoisotopic (exact) mass is 353 g/mol. The summed E-state index contributed by atoms with van der Waals surface area (Å²) in [4.78, 5) is 30.9. The van der Waals surface area contributed by atoms with Gasteiger partial charge in [-0.2, -0.15) is 0 Å². The van der Waals surface area contributed by atoms with Crippen molar-refractivity contribution in [3.63, 3.8) is 0 Å². The number of ether oxygens (including phenoxy) is 1. The summed E-state index contributed by atoms with van der Waals surface area (Å²) in [7, 11) is 0. The van der Waals surface area contributed by atoms with Crippen LogP contribution in [0.25, 0.3) is 11.0 Å². The zero-order valence-electron chi connectivity index (χ0n) is 12.6. The zero-order valence-corrected chi connectivity index (χ0v) is 14.1. The van der Waals surface area contributed by atoms with Crippen LogP contribution in [0.1, 0.15) is 25.5 Å². The maximum Gasteiger partial charge on any atom is 0.328 e. The summed E-state index contributed by atoms with van der Waals surface area (Å²) in [6.45, 7) is 2.63. The standard InChI is InChI=1S/C15H16ClN3O3S/c1-2-22-14(21)11-4-3-7-18(11)12(20)6-5-10-13(16)17-15-19(10)8-9-23-15/h5-6,8-9,11H,2-4,7H2,1H3/b6-5+. The van der Waals surface area contributed by atoms with Gasteiger partial charge in [0.1, 0.15) is 6.04 Å². The van der Waals surface area contributed by atoms with Crippen molar-refractivity contribution < 1.29 is 14.3 Å². The van der Waals surface area contributed by atoms with E-state index in [9.17, 15) is 9.59 Å². The van der Waals surface area contributed by atoms with Crippen LogP contribution in [0.15, 0.2) is 17.7 Å². The van der Waals surface area contributed by atoms with Crippen LogP contribution in [0.4, 0.5) is 0 Å². The normalized spacial score (nSPS) is 18.2. The fourth-order valence-electron chi connectivity index (χ4n) is 2.69. The number of esters is 1. The van der Waals surface area contributed by atoms with Gasteiger partial charge >= 0.3 is 5.97 Å². The molecule has 0 bridgehead atoms. The van der Waals surface area contributed by atoms with Crippen LogP contribution in [0.3, 0.4) is 0 Å². The molecule has 3 rings (SSSR count). The number of amides is 1. The molecule has 2 aromatic heterocycles. The molecule has 8 heteroatoms. The van der Waals surface area contributed by atoms with Gasteiger partial charge in [0.2, 0.25) is 5.91 Å². The van der Waals surface area contributed by atoms with E-state index < -0.39 is 6.04 Å². The molecule has 1 aliphatic heterocycles. The fraction of sp³-hybridized carbons (Fsp3) is 0.400. The summed E-state index contributed by atoms with van der Waals surface area (Å²) in [5, 5.41) is 2.25. The largest absolute Gasteiger partial charge is 0.464 e. The van der Waals surface area contributed by atoms with E-state index in [0.717, 1.165) is 11.4 Å². The van der Waals surface area contributed by atoms with Crippen molar-refractivity contribution in [2.24, 2.45) is 0 Å². The maximum absolute atomic E-state index is 12.4. The number of carbonyl (C=O) groups excluding carboxylic acids is 2. The quantitative estimate of drug-likeness (QED) is 0.626. The molecule has 1 saturated heterocycles. The Balaban J connectivity index is 1.77. The molecule has 1 fully saturated rings. The Morgan fingerprint density at radius 2 is 2.39 bits per heavy atom. The van der Waals surface area contributed by atoms with E-state index in [2.05, 4.69) is 4.98 Å². The second-order valence-corrected chi connectivity index (χ2v) is 6.35. The summed E-state index contributed by atoms with van der Waals surface area (Å²) in [6.07, 6.45) is 6.36. The average Bonchev–Trinajstić information content (AvgIpc) is 3.21. The lowest BCUT2D eigenvalue weighted by Crippen LogP contribution is -2.40. The number of nitrogens with zero attached hydrogens (tertiary/aromatic N) is 3. The Morgan fingerprint density at radius 3 is 3.17 bits per heavy atom. The highest BCUT2D eigenvalue weighted by atomic mass is 35.5. The molecule has 122 valence electrons. The van der Waals surface area contributed by atoms with Crippen molar-refractivity contribution in [3.8, 4) is 0 Å². The molecule has 1 unspecified atom stereocenters. The first-order valence-corrected chi connectivity index (χ1v) is 8.64. The number of rotatable bonds is 4. The van der Waals surface area contributed by atoms with Gasteiger partial charge in [0.15, 0.2) is 10.1 Å². The van der Waals surface area contributed by atoms with Gasteiger partial charge in [-0.3, -0.25) is 9.20 Å². The number of carbonyl (C=O) groups is 2. The molecule has 0 radical (unpaired) electrons. The maximum atomic E-state index is 12.4. The minimum atomic E-state index is -0.492. The van der Waals surface area contributed by atoms with Gasteiger partial charge in [0, 0.05) is 24.2 Å². The zero-order chi connectivity index (χ0) is 16.4. The van der Waals surface area contributed by atoms with E-state index in [0.29, 0.717) is 30.4 Å². The predicted octanol–water partition coefficient (Wildman–Crippen LogP) is 2.62. The summed E-state index contributed by atoms with van der Waals surface area (Å²) in [5.41, 5.74) is 0.656. The molecule has 0 saturated carbocycles. The lowest BCUT2D eigenvalue weighted by atomic mass is 10.2. The number of fused-ring (bicyclic) bond motifs is 1. The average molecular weight is 354 g/mol. The van der Waals surface area contributed by atoms with Crippen molar-refractivity contribution >= 4 is 45.9 Å². The predicted molar refractivity (Wildman–Crippen MR) is 88.5 cm³/mol. The molecule has 0 N–H and O–H groups in total. The molecular formula is C15H16ClN3O3S. The van der Waals surface area contributed by atoms with E-state index in [4.69, 9.17) is 16.3 Å². The number of hydrogen-bond acceptors (Lipinski definition) is 5. The number of likely N-dealkylation sites (tertiary alicyclic amines) is 1. The van der Waals surface area contributed by atoms with Gasteiger partial charge in [-0.05, 0) is 25.8 Å². The minimum absolute atomic E-state index is 0.221. The number of thiazole rings is 1. The van der Waals surface area contributed by atoms with Crippen molar-refractivity contribution in [2.75, 3.05) is 13.2 Å². The molecule has 1 amide bonds. The second kappa shape index (κ2) is 6.72.